The van der Waals surface area contributed by atoms with Crippen molar-refractivity contribution >= 4 is 11.7 Å². The van der Waals surface area contributed by atoms with E-state index in [2.05, 4.69) is 17.3 Å². The number of anilines is 1. The number of ether oxygens (including phenoxy) is 1. The predicted molar refractivity (Wildman–Crippen MR) is 84.1 cm³/mol. The number of pyridine rings is 1. The van der Waals surface area contributed by atoms with E-state index in [1.807, 2.05) is 24.8 Å². The molecule has 0 aromatic carbocycles. The molecule has 1 aromatic heterocycles. The summed E-state index contributed by atoms with van der Waals surface area (Å²) in [6.07, 6.45) is 1.64. The van der Waals surface area contributed by atoms with Crippen molar-refractivity contribution in [2.45, 2.75) is 39.7 Å². The second-order valence-corrected chi connectivity index (χ2v) is 4.98. The number of nitrogens with one attached hydrogen (secondary N) is 1. The molecule has 1 rings (SSSR count). The lowest BCUT2D eigenvalue weighted by atomic mass is 10.1. The third-order valence-corrected chi connectivity index (χ3v) is 3.56. The minimum Gasteiger partial charge on any atom is -0.383 e. The minimum absolute atomic E-state index is 0.0185. The SMILES string of the molecule is CCc1cc(C(=O)N(CCOC)C(C)CC)cc(NN)n1. The molecule has 0 saturated carbocycles. The van der Waals surface area contributed by atoms with Gasteiger partial charge in [0, 0.05) is 31.0 Å². The number of nitrogen functional groups attached to an aromatic ring is 1. The highest BCUT2D eigenvalue weighted by molar-refractivity contribution is 5.95. The summed E-state index contributed by atoms with van der Waals surface area (Å²) in [6, 6.07) is 3.66. The Kier molecular flexibility index (Phi) is 7.11. The van der Waals surface area contributed by atoms with E-state index < -0.39 is 0 Å². The van der Waals surface area contributed by atoms with Crippen molar-refractivity contribution in [1.29, 1.82) is 0 Å². The Bertz CT molecular complexity index is 443. The Morgan fingerprint density at radius 2 is 2.19 bits per heavy atom. The first-order valence-electron chi connectivity index (χ1n) is 7.34. The van der Waals surface area contributed by atoms with Gasteiger partial charge in [0.1, 0.15) is 5.82 Å². The van der Waals surface area contributed by atoms with Crippen molar-refractivity contribution in [3.63, 3.8) is 0 Å². The molecule has 118 valence electrons. The van der Waals surface area contributed by atoms with Gasteiger partial charge >= 0.3 is 0 Å². The number of carbonyl (C=O) groups excluding carboxylic acids is 1. The average Bonchev–Trinajstić information content (AvgIpc) is 2.53. The second kappa shape index (κ2) is 8.59. The standard InChI is InChI=1S/C15H26N4O2/c1-5-11(3)19(7-8-21-4)15(20)12-9-13(6-2)17-14(10-12)18-16/h9-11H,5-8,16H2,1-4H3,(H,17,18). The van der Waals surface area contributed by atoms with Crippen molar-refractivity contribution in [3.8, 4) is 0 Å². The van der Waals surface area contributed by atoms with Gasteiger partial charge in [-0.15, -0.1) is 0 Å². The fourth-order valence-corrected chi connectivity index (χ4v) is 2.06. The van der Waals surface area contributed by atoms with Crippen molar-refractivity contribution in [3.05, 3.63) is 23.4 Å². The number of nitrogens with zero attached hydrogens (tertiary/aromatic N) is 2. The molecule has 1 heterocycles. The third kappa shape index (κ3) is 4.68. The van der Waals surface area contributed by atoms with Gasteiger partial charge in [-0.2, -0.15) is 0 Å². The molecule has 0 fully saturated rings. The summed E-state index contributed by atoms with van der Waals surface area (Å²) in [5.74, 6) is 5.92. The molecule has 6 nitrogen and oxygen atoms in total. The zero-order valence-corrected chi connectivity index (χ0v) is 13.3. The van der Waals surface area contributed by atoms with Crippen LogP contribution in [-0.4, -0.2) is 42.1 Å². The number of rotatable bonds is 8. The molecule has 3 N–H and O–H groups in total. The summed E-state index contributed by atoms with van der Waals surface area (Å²) in [5.41, 5.74) is 3.96. The zero-order valence-electron chi connectivity index (χ0n) is 13.3. The molecule has 0 spiro atoms. The molecule has 0 aliphatic rings. The quantitative estimate of drug-likeness (QED) is 0.564. The van der Waals surface area contributed by atoms with Gasteiger partial charge in [0.05, 0.1) is 6.61 Å². The molecule has 1 atom stereocenters. The summed E-state index contributed by atoms with van der Waals surface area (Å²) < 4.78 is 5.10. The smallest absolute Gasteiger partial charge is 0.254 e. The first-order chi connectivity index (χ1) is 10.1. The molecule has 0 bridgehead atoms. The number of methoxy groups -OCH3 is 1. The highest BCUT2D eigenvalue weighted by Crippen LogP contribution is 2.15. The molecule has 21 heavy (non-hydrogen) atoms. The summed E-state index contributed by atoms with van der Waals surface area (Å²) in [4.78, 5) is 18.9. The van der Waals surface area contributed by atoms with Crippen LogP contribution >= 0.6 is 0 Å². The molecule has 0 aliphatic heterocycles. The molecule has 0 radical (unpaired) electrons. The molecule has 1 aromatic rings. The van der Waals surface area contributed by atoms with Crippen LogP contribution in [0.2, 0.25) is 0 Å². The Hall–Kier alpha value is -1.66. The van der Waals surface area contributed by atoms with Crippen molar-refractivity contribution in [2.75, 3.05) is 25.7 Å². The highest BCUT2D eigenvalue weighted by Gasteiger charge is 2.21. The van der Waals surface area contributed by atoms with Crippen LogP contribution in [0.5, 0.6) is 0 Å². The van der Waals surface area contributed by atoms with Crippen molar-refractivity contribution in [1.82, 2.24) is 9.88 Å². The maximum Gasteiger partial charge on any atom is 0.254 e. The van der Waals surface area contributed by atoms with Gasteiger partial charge in [0.15, 0.2) is 0 Å². The van der Waals surface area contributed by atoms with Crippen molar-refractivity contribution < 1.29 is 9.53 Å². The van der Waals surface area contributed by atoms with E-state index in [0.29, 0.717) is 24.5 Å². The summed E-state index contributed by atoms with van der Waals surface area (Å²) in [5, 5.41) is 0. The largest absolute Gasteiger partial charge is 0.383 e. The fraction of sp³-hybridized carbons (Fsp3) is 0.600. The van der Waals surface area contributed by atoms with E-state index in [0.717, 1.165) is 18.5 Å². The predicted octanol–water partition coefficient (Wildman–Crippen LogP) is 1.82. The van der Waals surface area contributed by atoms with E-state index in [9.17, 15) is 4.79 Å². The number of aromatic nitrogens is 1. The zero-order chi connectivity index (χ0) is 15.8. The van der Waals surface area contributed by atoms with E-state index >= 15 is 0 Å². The maximum atomic E-state index is 12.8. The third-order valence-electron chi connectivity index (χ3n) is 3.56. The van der Waals surface area contributed by atoms with Crippen LogP contribution in [0.1, 0.15) is 43.2 Å². The van der Waals surface area contributed by atoms with E-state index in [4.69, 9.17) is 10.6 Å². The number of nitrogens with two attached hydrogens (primary N) is 1. The first kappa shape index (κ1) is 17.4. The number of aryl methyl sites for hydroxylation is 1. The maximum absolute atomic E-state index is 12.8. The first-order valence-corrected chi connectivity index (χ1v) is 7.34. The van der Waals surface area contributed by atoms with E-state index in [1.165, 1.54) is 0 Å². The number of hydrogen-bond donors (Lipinski definition) is 2. The highest BCUT2D eigenvalue weighted by atomic mass is 16.5. The van der Waals surface area contributed by atoms with Gasteiger partial charge in [-0.3, -0.25) is 4.79 Å². The van der Waals surface area contributed by atoms with Crippen LogP contribution in [0.3, 0.4) is 0 Å². The second-order valence-electron chi connectivity index (χ2n) is 4.98. The Labute approximate surface area is 126 Å². The van der Waals surface area contributed by atoms with Gasteiger partial charge in [0.25, 0.3) is 5.91 Å². The van der Waals surface area contributed by atoms with Gasteiger partial charge in [-0.25, -0.2) is 10.8 Å². The average molecular weight is 294 g/mol. The Balaban J connectivity index is 3.06. The molecule has 0 saturated heterocycles. The van der Waals surface area contributed by atoms with Gasteiger partial charge in [-0.1, -0.05) is 13.8 Å². The van der Waals surface area contributed by atoms with E-state index in [-0.39, 0.29) is 11.9 Å². The van der Waals surface area contributed by atoms with Crippen LogP contribution < -0.4 is 11.3 Å². The van der Waals surface area contributed by atoms with Crippen LogP contribution in [-0.2, 0) is 11.2 Å². The molecule has 0 aliphatic carbocycles. The summed E-state index contributed by atoms with van der Waals surface area (Å²) >= 11 is 0. The number of carbonyl (C=O) groups is 1. The summed E-state index contributed by atoms with van der Waals surface area (Å²) in [7, 11) is 1.64. The lowest BCUT2D eigenvalue weighted by Gasteiger charge is -2.28. The molecule has 6 heteroatoms. The van der Waals surface area contributed by atoms with Gasteiger partial charge < -0.3 is 15.1 Å². The number of hydrazine groups is 1. The van der Waals surface area contributed by atoms with Crippen LogP contribution in [0.4, 0.5) is 5.82 Å². The molecular weight excluding hydrogens is 268 g/mol. The lowest BCUT2D eigenvalue weighted by molar-refractivity contribution is 0.0613. The van der Waals surface area contributed by atoms with Gasteiger partial charge in [0.2, 0.25) is 0 Å². The van der Waals surface area contributed by atoms with E-state index in [1.54, 1.807) is 13.2 Å². The monoisotopic (exact) mass is 294 g/mol. The normalized spacial score (nSPS) is 12.0. The Morgan fingerprint density at radius 3 is 2.71 bits per heavy atom. The summed E-state index contributed by atoms with van der Waals surface area (Å²) in [6.45, 7) is 7.18. The topological polar surface area (TPSA) is 80.5 Å². The Morgan fingerprint density at radius 1 is 1.48 bits per heavy atom. The fourth-order valence-electron chi connectivity index (χ4n) is 2.06. The number of amides is 1. The number of hydrogen-bond acceptors (Lipinski definition) is 5. The minimum atomic E-state index is -0.0185. The van der Waals surface area contributed by atoms with Crippen LogP contribution in [0.15, 0.2) is 12.1 Å². The molecular formula is C15H26N4O2. The lowest BCUT2D eigenvalue weighted by Crippen LogP contribution is -2.40. The van der Waals surface area contributed by atoms with Crippen LogP contribution in [0, 0.1) is 0 Å². The van der Waals surface area contributed by atoms with Crippen molar-refractivity contribution in [2.24, 2.45) is 5.84 Å². The molecule has 1 amide bonds. The van der Waals surface area contributed by atoms with Crippen LogP contribution in [0.25, 0.3) is 0 Å². The van der Waals surface area contributed by atoms with Gasteiger partial charge in [-0.05, 0) is 31.9 Å². The molecule has 1 unspecified atom stereocenters.